The zero-order valence-corrected chi connectivity index (χ0v) is 16.8. The Labute approximate surface area is 175 Å². The number of benzene rings is 2. The third-order valence-corrected chi connectivity index (χ3v) is 4.32. The van der Waals surface area contributed by atoms with E-state index in [1.165, 1.54) is 0 Å². The number of aliphatic hydroxyl groups excluding tert-OH is 1. The van der Waals surface area contributed by atoms with E-state index < -0.39 is 30.1 Å². The first-order chi connectivity index (χ1) is 14.3. The monoisotopic (exact) mass is 413 g/mol. The van der Waals surface area contributed by atoms with Crippen LogP contribution in [-0.2, 0) is 27.4 Å². The molecular weight excluding hydrogens is 386 g/mol. The molecule has 0 aliphatic carbocycles. The van der Waals surface area contributed by atoms with Crippen LogP contribution in [0.15, 0.2) is 54.6 Å². The molecule has 30 heavy (non-hydrogen) atoms. The smallest absolute Gasteiger partial charge is 0.407 e. The summed E-state index contributed by atoms with van der Waals surface area (Å²) < 4.78 is 5.03. The van der Waals surface area contributed by atoms with Crippen molar-refractivity contribution in [2.75, 3.05) is 6.54 Å². The quantitative estimate of drug-likeness (QED) is 0.465. The van der Waals surface area contributed by atoms with Crippen LogP contribution in [0.2, 0.25) is 0 Å². The van der Waals surface area contributed by atoms with Crippen LogP contribution < -0.4 is 16.4 Å². The van der Waals surface area contributed by atoms with Crippen molar-refractivity contribution in [3.8, 4) is 0 Å². The summed E-state index contributed by atoms with van der Waals surface area (Å²) in [6.07, 6.45) is -1.88. The second-order valence-corrected chi connectivity index (χ2v) is 7.02. The third-order valence-electron chi connectivity index (χ3n) is 4.32. The fraction of sp³-hybridized carbons (Fsp3) is 0.318. The summed E-state index contributed by atoms with van der Waals surface area (Å²) in [6, 6.07) is 15.8. The van der Waals surface area contributed by atoms with E-state index in [-0.39, 0.29) is 26.0 Å². The zero-order chi connectivity index (χ0) is 21.9. The zero-order valence-electron chi connectivity index (χ0n) is 16.8. The number of primary amides is 1. The molecule has 0 spiro atoms. The number of nitrogens with two attached hydrogens (primary N) is 1. The molecule has 0 saturated carbocycles. The van der Waals surface area contributed by atoms with E-state index in [1.807, 2.05) is 61.5 Å². The topological polar surface area (TPSA) is 131 Å². The summed E-state index contributed by atoms with van der Waals surface area (Å²) in [7, 11) is 0. The van der Waals surface area contributed by atoms with Crippen LogP contribution in [0, 0.1) is 6.92 Å². The number of rotatable bonds is 10. The van der Waals surface area contributed by atoms with E-state index in [0.29, 0.717) is 0 Å². The van der Waals surface area contributed by atoms with Gasteiger partial charge in [0.15, 0.2) is 0 Å². The first kappa shape index (κ1) is 22.9. The number of amides is 3. The number of carbonyl (C=O) groups is 3. The minimum atomic E-state index is -1.14. The molecule has 8 nitrogen and oxygen atoms in total. The van der Waals surface area contributed by atoms with Gasteiger partial charge in [-0.3, -0.25) is 9.59 Å². The maximum atomic E-state index is 12.2. The molecule has 2 atom stereocenters. The van der Waals surface area contributed by atoms with Gasteiger partial charge in [0.05, 0.1) is 12.5 Å². The second-order valence-electron chi connectivity index (χ2n) is 7.02. The van der Waals surface area contributed by atoms with Crippen LogP contribution >= 0.6 is 0 Å². The summed E-state index contributed by atoms with van der Waals surface area (Å²) in [4.78, 5) is 35.5. The Bertz CT molecular complexity index is 857. The van der Waals surface area contributed by atoms with Gasteiger partial charge in [0.25, 0.3) is 0 Å². The van der Waals surface area contributed by atoms with Crippen molar-refractivity contribution in [2.45, 2.75) is 38.5 Å². The number of hydrogen-bond donors (Lipinski definition) is 4. The van der Waals surface area contributed by atoms with Crippen LogP contribution in [0.4, 0.5) is 4.79 Å². The highest BCUT2D eigenvalue weighted by Crippen LogP contribution is 2.07. The molecule has 2 aromatic rings. The summed E-state index contributed by atoms with van der Waals surface area (Å²) in [5.41, 5.74) is 8.12. The second kappa shape index (κ2) is 11.6. The lowest BCUT2D eigenvalue weighted by Crippen LogP contribution is -2.47. The summed E-state index contributed by atoms with van der Waals surface area (Å²) in [5, 5.41) is 14.9. The van der Waals surface area contributed by atoms with Crippen molar-refractivity contribution < 1.29 is 24.2 Å². The number of hydrogen-bond acceptors (Lipinski definition) is 5. The van der Waals surface area contributed by atoms with Gasteiger partial charge in [0.1, 0.15) is 12.6 Å². The van der Waals surface area contributed by atoms with Crippen LogP contribution in [0.3, 0.4) is 0 Å². The molecule has 0 radical (unpaired) electrons. The molecular formula is C22H27N3O5. The van der Waals surface area contributed by atoms with Crippen molar-refractivity contribution in [1.29, 1.82) is 0 Å². The lowest BCUT2D eigenvalue weighted by molar-refractivity contribution is -0.128. The Morgan fingerprint density at radius 3 is 2.43 bits per heavy atom. The maximum Gasteiger partial charge on any atom is 0.407 e. The van der Waals surface area contributed by atoms with Gasteiger partial charge in [0.2, 0.25) is 11.8 Å². The van der Waals surface area contributed by atoms with Gasteiger partial charge in [-0.25, -0.2) is 4.79 Å². The average Bonchev–Trinajstić information content (AvgIpc) is 2.71. The Balaban J connectivity index is 1.73. The van der Waals surface area contributed by atoms with Crippen LogP contribution in [-0.4, -0.2) is 41.7 Å². The summed E-state index contributed by atoms with van der Waals surface area (Å²) in [6.45, 7) is 1.86. The van der Waals surface area contributed by atoms with Crippen molar-refractivity contribution in [3.05, 3.63) is 71.3 Å². The van der Waals surface area contributed by atoms with Crippen molar-refractivity contribution >= 4 is 17.9 Å². The fourth-order valence-electron chi connectivity index (χ4n) is 2.81. The number of aliphatic hydroxyl groups is 1. The van der Waals surface area contributed by atoms with E-state index in [2.05, 4.69) is 10.6 Å². The van der Waals surface area contributed by atoms with Gasteiger partial charge in [-0.2, -0.15) is 0 Å². The Kier molecular flexibility index (Phi) is 8.83. The Morgan fingerprint density at radius 2 is 1.77 bits per heavy atom. The largest absolute Gasteiger partial charge is 0.445 e. The molecule has 0 aliphatic rings. The van der Waals surface area contributed by atoms with Gasteiger partial charge in [0, 0.05) is 13.0 Å². The maximum absolute atomic E-state index is 12.2. The molecule has 160 valence electrons. The van der Waals surface area contributed by atoms with Crippen molar-refractivity contribution in [2.24, 2.45) is 5.73 Å². The number of carbonyl (C=O) groups excluding carboxylic acids is 3. The Hall–Kier alpha value is -3.39. The molecule has 0 bridgehead atoms. The molecule has 0 heterocycles. The van der Waals surface area contributed by atoms with E-state index in [1.54, 1.807) is 0 Å². The SMILES string of the molecule is Cc1cccc(C[C@H](NC(=O)C[C@H](O)CNC(=O)OCc2ccccc2)C(N)=O)c1. The molecule has 8 heteroatoms. The number of alkyl carbamates (subject to hydrolysis) is 1. The highest BCUT2D eigenvalue weighted by molar-refractivity contribution is 5.87. The van der Waals surface area contributed by atoms with Gasteiger partial charge in [-0.1, -0.05) is 60.2 Å². The van der Waals surface area contributed by atoms with E-state index in [9.17, 15) is 19.5 Å². The highest BCUT2D eigenvalue weighted by atomic mass is 16.5. The lowest BCUT2D eigenvalue weighted by atomic mass is 10.0. The van der Waals surface area contributed by atoms with Crippen LogP contribution in [0.1, 0.15) is 23.1 Å². The third kappa shape index (κ3) is 8.32. The molecule has 0 aliphatic heterocycles. The summed E-state index contributed by atoms with van der Waals surface area (Å²) >= 11 is 0. The van der Waals surface area contributed by atoms with Crippen molar-refractivity contribution in [1.82, 2.24) is 10.6 Å². The van der Waals surface area contributed by atoms with Crippen molar-refractivity contribution in [3.63, 3.8) is 0 Å². The molecule has 2 rings (SSSR count). The number of aryl methyl sites for hydroxylation is 1. The molecule has 0 aromatic heterocycles. The normalized spacial score (nSPS) is 12.5. The lowest BCUT2D eigenvalue weighted by Gasteiger charge is -2.17. The number of nitrogens with one attached hydrogen (secondary N) is 2. The molecule has 0 fully saturated rings. The molecule has 0 saturated heterocycles. The minimum Gasteiger partial charge on any atom is -0.445 e. The molecule has 2 aromatic carbocycles. The van der Waals surface area contributed by atoms with E-state index >= 15 is 0 Å². The highest BCUT2D eigenvalue weighted by Gasteiger charge is 2.21. The Morgan fingerprint density at radius 1 is 1.07 bits per heavy atom. The molecule has 5 N–H and O–H groups in total. The number of ether oxygens (including phenoxy) is 1. The standard InChI is InChI=1S/C22H27N3O5/c1-15-6-5-9-17(10-15)11-19(21(23)28)25-20(27)12-18(26)13-24-22(29)30-14-16-7-3-2-4-8-16/h2-10,18-19,26H,11-14H2,1H3,(H2,23,28)(H,24,29)(H,25,27)/t18-,19-/m0/s1. The summed E-state index contributed by atoms with van der Waals surface area (Å²) in [5.74, 6) is -1.21. The van der Waals surface area contributed by atoms with Gasteiger partial charge in [-0.15, -0.1) is 0 Å². The first-order valence-corrected chi connectivity index (χ1v) is 9.60. The predicted octanol–water partition coefficient (Wildman–Crippen LogP) is 1.19. The average molecular weight is 413 g/mol. The van der Waals surface area contributed by atoms with E-state index in [4.69, 9.17) is 10.5 Å². The molecule has 0 unspecified atom stereocenters. The molecule has 3 amide bonds. The fourth-order valence-corrected chi connectivity index (χ4v) is 2.81. The van der Waals surface area contributed by atoms with Gasteiger partial charge >= 0.3 is 6.09 Å². The van der Waals surface area contributed by atoms with Gasteiger partial charge in [-0.05, 0) is 18.1 Å². The van der Waals surface area contributed by atoms with E-state index in [0.717, 1.165) is 16.7 Å². The first-order valence-electron chi connectivity index (χ1n) is 9.60. The van der Waals surface area contributed by atoms with Gasteiger partial charge < -0.3 is 26.2 Å². The van der Waals surface area contributed by atoms with Crippen LogP contribution in [0.5, 0.6) is 0 Å². The minimum absolute atomic E-state index is 0.0997. The predicted molar refractivity (Wildman–Crippen MR) is 111 cm³/mol. The van der Waals surface area contributed by atoms with Crippen LogP contribution in [0.25, 0.3) is 0 Å².